The maximum absolute atomic E-state index is 13.8. The van der Waals surface area contributed by atoms with Crippen molar-refractivity contribution in [2.45, 2.75) is 25.9 Å². The Morgan fingerprint density at radius 1 is 0.611 bits per heavy atom. The van der Waals surface area contributed by atoms with Crippen molar-refractivity contribution in [3.63, 3.8) is 0 Å². The molecule has 0 saturated carbocycles. The smallest absolute Gasteiger partial charge is 0.270 e. The molecule has 8 rings (SSSR count). The maximum atomic E-state index is 13.8. The number of nitrogens with one attached hydrogen (secondary N) is 2. The summed E-state index contributed by atoms with van der Waals surface area (Å²) in [5.41, 5.74) is 0.993. The second-order valence-electron chi connectivity index (χ2n) is 13.4. The van der Waals surface area contributed by atoms with E-state index in [1.165, 1.54) is 24.3 Å². The number of hydrogen-bond acceptors (Lipinski definition) is 12. The van der Waals surface area contributed by atoms with Crippen molar-refractivity contribution in [2.75, 3.05) is 26.2 Å². The van der Waals surface area contributed by atoms with Crippen LogP contribution < -0.4 is 10.6 Å². The van der Waals surface area contributed by atoms with Gasteiger partial charge in [0, 0.05) is 118 Å². The largest absolute Gasteiger partial charge is 0.313 e. The molecule has 16 heteroatoms. The third-order valence-corrected chi connectivity index (χ3v) is 10.0. The van der Waals surface area contributed by atoms with Crippen molar-refractivity contribution in [1.82, 2.24) is 30.4 Å². The molecule has 0 fully saturated rings. The number of carbonyl (C=O) groups is 4. The number of nitrogens with zero attached hydrogens (tertiary/aromatic N) is 6. The molecule has 4 aromatic carbocycles. The number of pyridine rings is 2. The summed E-state index contributed by atoms with van der Waals surface area (Å²) in [6.07, 6.45) is 3.10. The number of non-ortho nitro benzene ring substituents is 2. The number of amides is 4. The van der Waals surface area contributed by atoms with Crippen LogP contribution in [0.15, 0.2) is 73.1 Å². The molecule has 0 unspecified atom stereocenters. The predicted octanol–water partition coefficient (Wildman–Crippen LogP) is 4.75. The first-order valence-electron chi connectivity index (χ1n) is 17.1. The summed E-state index contributed by atoms with van der Waals surface area (Å²) < 4.78 is 0. The first-order chi connectivity index (χ1) is 26.0. The molecule has 2 N–H and O–H groups in total. The molecule has 6 aromatic rings. The van der Waals surface area contributed by atoms with E-state index >= 15 is 0 Å². The zero-order valence-electron chi connectivity index (χ0n) is 28.9. The Morgan fingerprint density at radius 2 is 0.981 bits per heavy atom. The Bertz CT molecular complexity index is 2500. The summed E-state index contributed by atoms with van der Waals surface area (Å²) in [6, 6.07) is 14.1. The van der Waals surface area contributed by atoms with Gasteiger partial charge in [0.25, 0.3) is 35.0 Å². The van der Waals surface area contributed by atoms with Gasteiger partial charge in [-0.05, 0) is 38.1 Å². The Labute approximate surface area is 305 Å². The number of fused-ring (bicyclic) bond motifs is 4. The van der Waals surface area contributed by atoms with Gasteiger partial charge in [-0.1, -0.05) is 12.1 Å². The van der Waals surface area contributed by atoms with Gasteiger partial charge >= 0.3 is 0 Å². The lowest BCUT2D eigenvalue weighted by Gasteiger charge is -2.32. The molecular weight excluding hydrogens is 696 g/mol. The molecule has 4 amide bonds. The van der Waals surface area contributed by atoms with Gasteiger partial charge < -0.3 is 10.6 Å². The van der Waals surface area contributed by atoms with Gasteiger partial charge in [0.2, 0.25) is 0 Å². The van der Waals surface area contributed by atoms with Crippen molar-refractivity contribution >= 4 is 78.4 Å². The number of hydrogen-bond donors (Lipinski definition) is 2. The average Bonchev–Trinajstić information content (AvgIpc) is 3.16. The zero-order chi connectivity index (χ0) is 38.0. The first kappa shape index (κ1) is 34.3. The van der Waals surface area contributed by atoms with Crippen molar-refractivity contribution < 1.29 is 29.0 Å². The highest BCUT2D eigenvalue weighted by Crippen LogP contribution is 2.39. The van der Waals surface area contributed by atoms with E-state index in [1.54, 1.807) is 62.6 Å². The summed E-state index contributed by atoms with van der Waals surface area (Å²) in [7, 11) is 0. The molecule has 2 aromatic heterocycles. The summed E-state index contributed by atoms with van der Waals surface area (Å²) >= 11 is 0. The van der Waals surface area contributed by atoms with Crippen LogP contribution in [-0.4, -0.2) is 91.5 Å². The summed E-state index contributed by atoms with van der Waals surface area (Å²) in [5.74, 6) is -2.30. The van der Waals surface area contributed by atoms with Crippen molar-refractivity contribution in [1.29, 1.82) is 0 Å². The monoisotopic (exact) mass is 726 g/mol. The van der Waals surface area contributed by atoms with Gasteiger partial charge in [-0.15, -0.1) is 0 Å². The fraction of sp³-hybridized carbons (Fsp3) is 0.211. The molecule has 0 aliphatic carbocycles. The Morgan fingerprint density at radius 3 is 1.35 bits per heavy atom. The molecule has 2 aliphatic rings. The number of rotatable bonds is 11. The number of aromatic nitrogens is 2. The van der Waals surface area contributed by atoms with Gasteiger partial charge in [0.1, 0.15) is 0 Å². The maximum Gasteiger partial charge on any atom is 0.270 e. The highest BCUT2D eigenvalue weighted by Gasteiger charge is 2.39. The summed E-state index contributed by atoms with van der Waals surface area (Å²) in [4.78, 5) is 88.5. The molecule has 2 aliphatic heterocycles. The standard InChI is InChI=1S/C38H30N8O8/c1-19(43-35(47)27-11-21-5-3-7-41-33(21)25-13-23(45(51)52)15-29(31(25)27)37(43)49)17-39-9-10-40-18-20(2)44-36(48)28-12-22-6-4-8-42-34(22)26-14-24(46(53)54)16-30(32(26)28)38(44)50/h3-8,11-16,19-20,39-40H,9-10,17-18H2,1-2H3/t19-,20-/m0/s1. The molecule has 270 valence electrons. The molecule has 2 atom stereocenters. The van der Waals surface area contributed by atoms with E-state index in [2.05, 4.69) is 20.6 Å². The van der Waals surface area contributed by atoms with Crippen molar-refractivity contribution in [3.05, 3.63) is 116 Å². The second-order valence-corrected chi connectivity index (χ2v) is 13.4. The summed E-state index contributed by atoms with van der Waals surface area (Å²) in [6.45, 7) is 4.60. The minimum absolute atomic E-state index is 0.0592. The molecule has 0 saturated heterocycles. The van der Waals surface area contributed by atoms with Crippen LogP contribution in [0, 0.1) is 20.2 Å². The van der Waals surface area contributed by atoms with E-state index in [-0.39, 0.29) is 46.7 Å². The molecule has 0 radical (unpaired) electrons. The minimum atomic E-state index is -0.638. The number of imide groups is 2. The van der Waals surface area contributed by atoms with Crippen LogP contribution in [0.25, 0.3) is 43.4 Å². The molecule has 0 spiro atoms. The quantitative estimate of drug-likeness (QED) is 0.0609. The van der Waals surface area contributed by atoms with E-state index in [0.29, 0.717) is 56.4 Å². The number of nitro benzene ring substituents is 2. The van der Waals surface area contributed by atoms with Crippen LogP contribution >= 0.6 is 0 Å². The van der Waals surface area contributed by atoms with E-state index in [9.17, 15) is 39.4 Å². The highest BCUT2D eigenvalue weighted by atomic mass is 16.6. The van der Waals surface area contributed by atoms with Crippen LogP contribution in [0.4, 0.5) is 11.4 Å². The van der Waals surface area contributed by atoms with E-state index in [0.717, 1.165) is 9.80 Å². The molecule has 54 heavy (non-hydrogen) atoms. The van der Waals surface area contributed by atoms with Gasteiger partial charge in [0.15, 0.2) is 0 Å². The predicted molar refractivity (Wildman–Crippen MR) is 197 cm³/mol. The van der Waals surface area contributed by atoms with Gasteiger partial charge in [0.05, 0.1) is 32.0 Å². The van der Waals surface area contributed by atoms with Crippen LogP contribution in [0.2, 0.25) is 0 Å². The second kappa shape index (κ2) is 13.0. The topological polar surface area (TPSA) is 211 Å². The van der Waals surface area contributed by atoms with Crippen LogP contribution in [0.1, 0.15) is 55.3 Å². The Kier molecular flexibility index (Phi) is 8.27. The fourth-order valence-corrected chi connectivity index (χ4v) is 7.55. The average molecular weight is 727 g/mol. The van der Waals surface area contributed by atoms with Crippen LogP contribution in [-0.2, 0) is 0 Å². The summed E-state index contributed by atoms with van der Waals surface area (Å²) in [5, 5.41) is 32.7. The molecule has 16 nitrogen and oxygen atoms in total. The fourth-order valence-electron chi connectivity index (χ4n) is 7.55. The number of carbonyl (C=O) groups excluding carboxylic acids is 4. The third kappa shape index (κ3) is 5.38. The minimum Gasteiger partial charge on any atom is -0.313 e. The van der Waals surface area contributed by atoms with Gasteiger partial charge in [-0.2, -0.15) is 0 Å². The zero-order valence-corrected chi connectivity index (χ0v) is 28.9. The SMILES string of the molecule is C[C@@H](CNCCNC[C@H](C)N1C(=O)c2cc([N+](=O)[O-])cc3c2c(cc2cccnc23)C1=O)N1C(=O)c2cc([N+](=O)[O-])cc3c2c(cc2cccnc23)C1=O. The first-order valence-corrected chi connectivity index (χ1v) is 17.1. The van der Waals surface area contributed by atoms with Gasteiger partial charge in [-0.3, -0.25) is 59.2 Å². The lowest BCUT2D eigenvalue weighted by atomic mass is 9.90. The van der Waals surface area contributed by atoms with Crippen LogP contribution in [0.3, 0.4) is 0 Å². The van der Waals surface area contributed by atoms with E-state index in [1.807, 2.05) is 0 Å². The number of benzene rings is 4. The highest BCUT2D eigenvalue weighted by molar-refractivity contribution is 6.30. The Balaban J connectivity index is 0.937. The third-order valence-electron chi connectivity index (χ3n) is 10.0. The van der Waals surface area contributed by atoms with E-state index < -0.39 is 45.6 Å². The van der Waals surface area contributed by atoms with Crippen LogP contribution in [0.5, 0.6) is 0 Å². The lowest BCUT2D eigenvalue weighted by molar-refractivity contribution is -0.384. The number of nitro groups is 2. The lowest BCUT2D eigenvalue weighted by Crippen LogP contribution is -2.51. The van der Waals surface area contributed by atoms with Crippen molar-refractivity contribution in [3.8, 4) is 0 Å². The van der Waals surface area contributed by atoms with Crippen molar-refractivity contribution in [2.24, 2.45) is 0 Å². The molecule has 4 heterocycles. The molecular formula is C38H30N8O8. The van der Waals surface area contributed by atoms with Gasteiger partial charge in [-0.25, -0.2) is 0 Å². The van der Waals surface area contributed by atoms with E-state index in [4.69, 9.17) is 0 Å². The molecule has 0 bridgehead atoms. The normalized spacial score (nSPS) is 15.1. The Hall–Kier alpha value is -6.78.